The molecular weight excluding hydrogens is 248 g/mol. The van der Waals surface area contributed by atoms with E-state index in [4.69, 9.17) is 15.6 Å². The highest BCUT2D eigenvalue weighted by atomic mass is 16.5. The van der Waals surface area contributed by atoms with Gasteiger partial charge in [0.1, 0.15) is 11.9 Å². The van der Waals surface area contributed by atoms with Crippen molar-refractivity contribution in [3.8, 4) is 5.75 Å². The highest BCUT2D eigenvalue weighted by Gasteiger charge is 2.12. The normalized spacial score (nSPS) is 11.7. The minimum atomic E-state index is -1.38. The first kappa shape index (κ1) is 15.0. The van der Waals surface area contributed by atoms with Crippen molar-refractivity contribution in [1.82, 2.24) is 5.32 Å². The number of benzene rings is 1. The predicted octanol–water partition coefficient (Wildman–Crippen LogP) is -0.355. The SMILES string of the molecule is Cc1cccc(OCC(=O)NCC(O)C(N)=O)c1C. The summed E-state index contributed by atoms with van der Waals surface area (Å²) in [6, 6.07) is 5.56. The highest BCUT2D eigenvalue weighted by molar-refractivity contribution is 5.81. The van der Waals surface area contributed by atoms with E-state index in [2.05, 4.69) is 5.32 Å². The molecule has 0 bridgehead atoms. The number of rotatable bonds is 6. The fraction of sp³-hybridized carbons (Fsp3) is 0.385. The Morgan fingerprint density at radius 1 is 1.42 bits per heavy atom. The minimum Gasteiger partial charge on any atom is -0.483 e. The lowest BCUT2D eigenvalue weighted by molar-refractivity contribution is -0.127. The summed E-state index contributed by atoms with van der Waals surface area (Å²) in [6.07, 6.45) is -1.38. The Hall–Kier alpha value is -2.08. The molecule has 6 nitrogen and oxygen atoms in total. The summed E-state index contributed by atoms with van der Waals surface area (Å²) >= 11 is 0. The van der Waals surface area contributed by atoms with Gasteiger partial charge in [-0.25, -0.2) is 0 Å². The van der Waals surface area contributed by atoms with Gasteiger partial charge >= 0.3 is 0 Å². The number of aliphatic hydroxyl groups is 1. The first-order valence-corrected chi connectivity index (χ1v) is 5.85. The van der Waals surface area contributed by atoms with Crippen molar-refractivity contribution >= 4 is 11.8 Å². The summed E-state index contributed by atoms with van der Waals surface area (Å²) in [4.78, 5) is 22.0. The maximum absolute atomic E-state index is 11.4. The third kappa shape index (κ3) is 4.59. The number of amides is 2. The molecule has 2 amide bonds. The molecule has 0 aliphatic rings. The van der Waals surface area contributed by atoms with Crippen molar-refractivity contribution in [2.45, 2.75) is 20.0 Å². The van der Waals surface area contributed by atoms with Crippen LogP contribution in [0.4, 0.5) is 0 Å². The number of hydrogen-bond acceptors (Lipinski definition) is 4. The van der Waals surface area contributed by atoms with E-state index >= 15 is 0 Å². The van der Waals surface area contributed by atoms with E-state index in [0.29, 0.717) is 5.75 Å². The van der Waals surface area contributed by atoms with Crippen molar-refractivity contribution in [3.05, 3.63) is 29.3 Å². The highest BCUT2D eigenvalue weighted by Crippen LogP contribution is 2.20. The second kappa shape index (κ2) is 6.75. The Balaban J connectivity index is 2.42. The van der Waals surface area contributed by atoms with Crippen LogP contribution in [0.3, 0.4) is 0 Å². The molecule has 6 heteroatoms. The lowest BCUT2D eigenvalue weighted by atomic mass is 10.1. The lowest BCUT2D eigenvalue weighted by Crippen LogP contribution is -2.41. The lowest BCUT2D eigenvalue weighted by Gasteiger charge is -2.12. The van der Waals surface area contributed by atoms with Gasteiger partial charge in [-0.3, -0.25) is 9.59 Å². The van der Waals surface area contributed by atoms with Crippen molar-refractivity contribution in [2.24, 2.45) is 5.73 Å². The Morgan fingerprint density at radius 3 is 2.74 bits per heavy atom. The molecule has 1 atom stereocenters. The molecule has 4 N–H and O–H groups in total. The van der Waals surface area contributed by atoms with Gasteiger partial charge in [-0.15, -0.1) is 0 Å². The fourth-order valence-electron chi connectivity index (χ4n) is 1.39. The summed E-state index contributed by atoms with van der Waals surface area (Å²) in [5.41, 5.74) is 6.89. The van der Waals surface area contributed by atoms with Crippen LogP contribution in [0.2, 0.25) is 0 Å². The molecule has 0 aliphatic carbocycles. The number of carbonyl (C=O) groups excluding carboxylic acids is 2. The van der Waals surface area contributed by atoms with Crippen LogP contribution in [-0.2, 0) is 9.59 Å². The molecule has 1 unspecified atom stereocenters. The molecule has 0 radical (unpaired) electrons. The van der Waals surface area contributed by atoms with Gasteiger partial charge in [0.15, 0.2) is 6.61 Å². The summed E-state index contributed by atoms with van der Waals surface area (Å²) in [5, 5.41) is 11.5. The molecule has 0 aromatic heterocycles. The number of hydrogen-bond donors (Lipinski definition) is 3. The third-order valence-corrected chi connectivity index (χ3v) is 2.73. The van der Waals surface area contributed by atoms with Crippen molar-refractivity contribution in [2.75, 3.05) is 13.2 Å². The Kier molecular flexibility index (Phi) is 5.32. The number of primary amides is 1. The number of aryl methyl sites for hydroxylation is 1. The number of aliphatic hydroxyl groups excluding tert-OH is 1. The van der Waals surface area contributed by atoms with E-state index in [1.54, 1.807) is 6.07 Å². The predicted molar refractivity (Wildman–Crippen MR) is 69.6 cm³/mol. The van der Waals surface area contributed by atoms with Crippen molar-refractivity contribution in [1.29, 1.82) is 0 Å². The van der Waals surface area contributed by atoms with E-state index in [0.717, 1.165) is 11.1 Å². The average Bonchev–Trinajstić information content (AvgIpc) is 2.37. The molecule has 104 valence electrons. The van der Waals surface area contributed by atoms with Crippen LogP contribution < -0.4 is 15.8 Å². The van der Waals surface area contributed by atoms with Crippen LogP contribution in [0.15, 0.2) is 18.2 Å². The molecule has 1 aromatic carbocycles. The van der Waals surface area contributed by atoms with Crippen LogP contribution in [0, 0.1) is 13.8 Å². The zero-order valence-electron chi connectivity index (χ0n) is 11.0. The van der Waals surface area contributed by atoms with Gasteiger partial charge in [0.2, 0.25) is 5.91 Å². The zero-order valence-corrected chi connectivity index (χ0v) is 11.0. The summed E-state index contributed by atoms with van der Waals surface area (Å²) < 4.78 is 5.36. The Bertz CT molecular complexity index is 474. The minimum absolute atomic E-state index is 0.185. The molecule has 0 saturated carbocycles. The molecule has 0 fully saturated rings. The Morgan fingerprint density at radius 2 is 2.11 bits per heavy atom. The van der Waals surface area contributed by atoms with Gasteiger partial charge in [0.25, 0.3) is 5.91 Å². The molecule has 1 rings (SSSR count). The van der Waals surface area contributed by atoms with Crippen molar-refractivity contribution in [3.63, 3.8) is 0 Å². The van der Waals surface area contributed by atoms with E-state index in [-0.39, 0.29) is 13.2 Å². The Labute approximate surface area is 111 Å². The van der Waals surface area contributed by atoms with Crippen LogP contribution in [-0.4, -0.2) is 36.2 Å². The summed E-state index contributed by atoms with van der Waals surface area (Å²) in [6.45, 7) is 3.45. The molecular formula is C13H18N2O4. The number of carbonyl (C=O) groups is 2. The van der Waals surface area contributed by atoms with Crippen LogP contribution >= 0.6 is 0 Å². The first-order chi connectivity index (χ1) is 8.91. The average molecular weight is 266 g/mol. The van der Waals surface area contributed by atoms with Crippen molar-refractivity contribution < 1.29 is 19.4 Å². The third-order valence-electron chi connectivity index (χ3n) is 2.73. The van der Waals surface area contributed by atoms with Gasteiger partial charge in [-0.05, 0) is 31.0 Å². The first-order valence-electron chi connectivity index (χ1n) is 5.85. The van der Waals surface area contributed by atoms with Gasteiger partial charge in [-0.2, -0.15) is 0 Å². The van der Waals surface area contributed by atoms with Crippen LogP contribution in [0.1, 0.15) is 11.1 Å². The van der Waals surface area contributed by atoms with Gasteiger partial charge in [-0.1, -0.05) is 12.1 Å². The second-order valence-electron chi connectivity index (χ2n) is 4.21. The van der Waals surface area contributed by atoms with Crippen LogP contribution in [0.5, 0.6) is 5.75 Å². The molecule has 1 aromatic rings. The fourth-order valence-corrected chi connectivity index (χ4v) is 1.39. The topological polar surface area (TPSA) is 102 Å². The molecule has 0 aliphatic heterocycles. The quantitative estimate of drug-likeness (QED) is 0.654. The smallest absolute Gasteiger partial charge is 0.258 e. The molecule has 0 heterocycles. The number of ether oxygens (including phenoxy) is 1. The van der Waals surface area contributed by atoms with Gasteiger partial charge in [0, 0.05) is 0 Å². The van der Waals surface area contributed by atoms with Gasteiger partial charge in [0.05, 0.1) is 6.54 Å². The molecule has 19 heavy (non-hydrogen) atoms. The van der Waals surface area contributed by atoms with E-state index in [1.807, 2.05) is 26.0 Å². The molecule has 0 saturated heterocycles. The van der Waals surface area contributed by atoms with E-state index < -0.39 is 17.9 Å². The molecule has 0 spiro atoms. The standard InChI is InChI=1S/C13H18N2O4/c1-8-4-3-5-11(9(8)2)19-7-12(17)15-6-10(16)13(14)18/h3-5,10,16H,6-7H2,1-2H3,(H2,14,18)(H,15,17). The van der Waals surface area contributed by atoms with Crippen LogP contribution in [0.25, 0.3) is 0 Å². The summed E-state index contributed by atoms with van der Waals surface area (Å²) in [5.74, 6) is -0.678. The zero-order chi connectivity index (χ0) is 14.4. The summed E-state index contributed by atoms with van der Waals surface area (Å²) in [7, 11) is 0. The second-order valence-corrected chi connectivity index (χ2v) is 4.21. The van der Waals surface area contributed by atoms with E-state index in [9.17, 15) is 9.59 Å². The number of nitrogens with one attached hydrogen (secondary N) is 1. The maximum Gasteiger partial charge on any atom is 0.258 e. The maximum atomic E-state index is 11.4. The monoisotopic (exact) mass is 266 g/mol. The largest absolute Gasteiger partial charge is 0.483 e. The van der Waals surface area contributed by atoms with E-state index in [1.165, 1.54) is 0 Å². The number of nitrogens with two attached hydrogens (primary N) is 1. The van der Waals surface area contributed by atoms with Gasteiger partial charge < -0.3 is 20.9 Å².